The van der Waals surface area contributed by atoms with Crippen LogP contribution in [0.5, 0.6) is 5.75 Å². The largest absolute Gasteiger partial charge is 0.508 e. The minimum atomic E-state index is -0.719. The number of carbonyl (C=O) groups is 3. The number of ether oxygens (including phenoxy) is 1. The van der Waals surface area contributed by atoms with Crippen molar-refractivity contribution in [2.24, 2.45) is 0 Å². The van der Waals surface area contributed by atoms with E-state index < -0.39 is 17.8 Å². The van der Waals surface area contributed by atoms with Crippen LogP contribution >= 0.6 is 22.9 Å². The number of aromatic hydroxyl groups is 1. The smallest absolute Gasteiger partial charge is 0.354 e. The zero-order valence-electron chi connectivity index (χ0n) is 19.3. The molecule has 182 valence electrons. The minimum Gasteiger partial charge on any atom is -0.508 e. The van der Waals surface area contributed by atoms with Crippen molar-refractivity contribution in [3.63, 3.8) is 0 Å². The highest BCUT2D eigenvalue weighted by Gasteiger charge is 2.19. The summed E-state index contributed by atoms with van der Waals surface area (Å²) in [5.74, 6) is -1.64. The average Bonchev–Trinajstić information content (AvgIpc) is 3.20. The van der Waals surface area contributed by atoms with Gasteiger partial charge in [0.2, 0.25) is 0 Å². The summed E-state index contributed by atoms with van der Waals surface area (Å²) in [7, 11) is 1.22. The van der Waals surface area contributed by atoms with Crippen LogP contribution in [-0.4, -0.2) is 35.0 Å². The van der Waals surface area contributed by atoms with Gasteiger partial charge >= 0.3 is 5.97 Å². The molecule has 0 bridgehead atoms. The maximum absolute atomic E-state index is 12.9. The molecule has 10 heteroatoms. The van der Waals surface area contributed by atoms with Crippen LogP contribution in [0.4, 0.5) is 0 Å². The number of methoxy groups -OCH3 is 1. The van der Waals surface area contributed by atoms with Crippen LogP contribution in [0.25, 0.3) is 6.08 Å². The monoisotopic (exact) mass is 513 g/mol. The van der Waals surface area contributed by atoms with Crippen LogP contribution in [0.3, 0.4) is 0 Å². The topological polar surface area (TPSA) is 118 Å². The number of benzene rings is 2. The lowest BCUT2D eigenvalue weighted by atomic mass is 10.1. The molecule has 0 unspecified atom stereocenters. The van der Waals surface area contributed by atoms with Crippen molar-refractivity contribution in [3.8, 4) is 5.75 Å². The number of carbonyl (C=O) groups excluding carboxylic acids is 3. The van der Waals surface area contributed by atoms with Gasteiger partial charge in [0.15, 0.2) is 0 Å². The van der Waals surface area contributed by atoms with Crippen molar-refractivity contribution in [2.75, 3.05) is 7.11 Å². The predicted molar refractivity (Wildman–Crippen MR) is 134 cm³/mol. The average molecular weight is 514 g/mol. The molecule has 1 aromatic heterocycles. The minimum absolute atomic E-state index is 0.0407. The lowest BCUT2D eigenvalue weighted by Gasteiger charge is -2.11. The van der Waals surface area contributed by atoms with Crippen molar-refractivity contribution in [1.82, 2.24) is 15.6 Å². The first-order chi connectivity index (χ1) is 16.7. The molecular weight excluding hydrogens is 490 g/mol. The van der Waals surface area contributed by atoms with Gasteiger partial charge < -0.3 is 20.5 Å². The Kier molecular flexibility index (Phi) is 8.62. The van der Waals surface area contributed by atoms with Crippen LogP contribution in [-0.2, 0) is 22.5 Å². The Labute approximate surface area is 211 Å². The van der Waals surface area contributed by atoms with E-state index in [2.05, 4.69) is 15.6 Å². The fraction of sp³-hybridized carbons (Fsp3) is 0.200. The Morgan fingerprint density at radius 1 is 1.17 bits per heavy atom. The first kappa shape index (κ1) is 25.9. The Bertz CT molecular complexity index is 1300. The molecule has 1 heterocycles. The molecular formula is C25H24ClN3O5S. The quantitative estimate of drug-likeness (QED) is 0.306. The van der Waals surface area contributed by atoms with Gasteiger partial charge in [-0.05, 0) is 55.3 Å². The summed E-state index contributed by atoms with van der Waals surface area (Å²) < 4.78 is 4.81. The molecule has 2 amide bonds. The van der Waals surface area contributed by atoms with Gasteiger partial charge in [-0.3, -0.25) is 9.59 Å². The van der Waals surface area contributed by atoms with Crippen molar-refractivity contribution >= 4 is 46.8 Å². The third-order valence-electron chi connectivity index (χ3n) is 4.95. The molecule has 0 saturated heterocycles. The SMILES string of the molecule is CCc1nc(C)c(/C=C(\NC(=O)c2ccc(C(=O)NCc3cccc(O)c3)cc2Cl)C(=O)OC)s1. The summed E-state index contributed by atoms with van der Waals surface area (Å²) in [5.41, 5.74) is 1.74. The molecule has 0 aliphatic heterocycles. The Morgan fingerprint density at radius 3 is 2.57 bits per heavy atom. The molecule has 2 aromatic carbocycles. The highest BCUT2D eigenvalue weighted by molar-refractivity contribution is 7.12. The molecule has 0 aliphatic carbocycles. The predicted octanol–water partition coefficient (Wildman–Crippen LogP) is 4.25. The number of aromatic nitrogens is 1. The van der Waals surface area contributed by atoms with E-state index in [1.54, 1.807) is 18.2 Å². The highest BCUT2D eigenvalue weighted by Crippen LogP contribution is 2.23. The lowest BCUT2D eigenvalue weighted by molar-refractivity contribution is -0.136. The molecule has 8 nitrogen and oxygen atoms in total. The van der Waals surface area contributed by atoms with Crippen LogP contribution in [0.15, 0.2) is 48.2 Å². The molecule has 3 aromatic rings. The number of hydrogen-bond donors (Lipinski definition) is 3. The van der Waals surface area contributed by atoms with Gasteiger partial charge in [0, 0.05) is 12.1 Å². The second-order valence-electron chi connectivity index (χ2n) is 7.46. The van der Waals surface area contributed by atoms with Gasteiger partial charge in [-0.1, -0.05) is 30.7 Å². The maximum Gasteiger partial charge on any atom is 0.354 e. The van der Waals surface area contributed by atoms with Crippen molar-refractivity contribution < 1.29 is 24.2 Å². The third kappa shape index (κ3) is 6.68. The summed E-state index contributed by atoms with van der Waals surface area (Å²) in [4.78, 5) is 42.8. The molecule has 0 fully saturated rings. The molecule has 0 radical (unpaired) electrons. The Morgan fingerprint density at radius 2 is 1.94 bits per heavy atom. The van der Waals surface area contributed by atoms with Gasteiger partial charge in [0.05, 0.1) is 33.3 Å². The molecule has 0 spiro atoms. The van der Waals surface area contributed by atoms with Gasteiger partial charge in [0.25, 0.3) is 11.8 Å². The van der Waals surface area contributed by atoms with Crippen LogP contribution in [0, 0.1) is 6.92 Å². The fourth-order valence-electron chi connectivity index (χ4n) is 3.12. The summed E-state index contributed by atoms with van der Waals surface area (Å²) >= 11 is 7.71. The zero-order chi connectivity index (χ0) is 25.5. The third-order valence-corrected chi connectivity index (χ3v) is 6.51. The van der Waals surface area contributed by atoms with Crippen LogP contribution < -0.4 is 10.6 Å². The van der Waals surface area contributed by atoms with E-state index in [4.69, 9.17) is 16.3 Å². The van der Waals surface area contributed by atoms with E-state index in [1.165, 1.54) is 48.8 Å². The number of esters is 1. The van der Waals surface area contributed by atoms with Gasteiger partial charge in [0.1, 0.15) is 11.4 Å². The second-order valence-corrected chi connectivity index (χ2v) is 8.98. The number of nitrogens with one attached hydrogen (secondary N) is 2. The number of amides is 2. The van der Waals surface area contributed by atoms with Crippen molar-refractivity contribution in [3.05, 3.63) is 85.5 Å². The number of nitrogens with zero attached hydrogens (tertiary/aromatic N) is 1. The number of thiazole rings is 1. The second kappa shape index (κ2) is 11.6. The molecule has 0 aliphatic rings. The Balaban J connectivity index is 1.75. The van der Waals surface area contributed by atoms with Crippen molar-refractivity contribution in [1.29, 1.82) is 0 Å². The van der Waals surface area contributed by atoms with E-state index in [9.17, 15) is 19.5 Å². The molecule has 35 heavy (non-hydrogen) atoms. The number of phenolic OH excluding ortho intramolecular Hbond substituents is 1. The molecule has 3 N–H and O–H groups in total. The molecule has 0 saturated carbocycles. The fourth-order valence-corrected chi connectivity index (χ4v) is 4.34. The van der Waals surface area contributed by atoms with Crippen LogP contribution in [0.2, 0.25) is 5.02 Å². The number of rotatable bonds is 8. The zero-order valence-corrected chi connectivity index (χ0v) is 20.9. The summed E-state index contributed by atoms with van der Waals surface area (Å²) in [6, 6.07) is 10.8. The maximum atomic E-state index is 12.9. The molecule has 0 atom stereocenters. The van der Waals surface area contributed by atoms with Crippen molar-refractivity contribution in [2.45, 2.75) is 26.8 Å². The van der Waals surface area contributed by atoms with E-state index in [1.807, 2.05) is 13.8 Å². The summed E-state index contributed by atoms with van der Waals surface area (Å²) in [6.07, 6.45) is 2.27. The number of halogens is 1. The standard InChI is InChI=1S/C25H24ClN3O5S/c1-4-22-28-14(2)21(35-22)12-20(25(33)34-3)29-24(32)18-9-8-16(11-19(18)26)23(31)27-13-15-6-5-7-17(30)10-15/h5-12,30H,4,13H2,1-3H3,(H,27,31)(H,29,32)/b20-12-. The highest BCUT2D eigenvalue weighted by atomic mass is 35.5. The van der Waals surface area contributed by atoms with E-state index in [0.29, 0.717) is 0 Å². The van der Waals surface area contributed by atoms with Crippen LogP contribution in [0.1, 0.15) is 48.8 Å². The van der Waals surface area contributed by atoms with Gasteiger partial charge in [-0.2, -0.15) is 0 Å². The number of aryl methyl sites for hydroxylation is 2. The summed E-state index contributed by atoms with van der Waals surface area (Å²) in [6.45, 7) is 4.00. The lowest BCUT2D eigenvalue weighted by Crippen LogP contribution is -2.28. The van der Waals surface area contributed by atoms with E-state index in [0.717, 1.165) is 27.6 Å². The number of hydrogen-bond acceptors (Lipinski definition) is 7. The normalized spacial score (nSPS) is 11.1. The van der Waals surface area contributed by atoms with E-state index >= 15 is 0 Å². The van der Waals surface area contributed by atoms with E-state index in [-0.39, 0.29) is 34.1 Å². The van der Waals surface area contributed by atoms with Gasteiger partial charge in [-0.25, -0.2) is 9.78 Å². The first-order valence-corrected chi connectivity index (χ1v) is 11.8. The first-order valence-electron chi connectivity index (χ1n) is 10.6. The molecule has 3 rings (SSSR count). The number of phenols is 1. The Hall–Kier alpha value is -3.69. The van der Waals surface area contributed by atoms with Gasteiger partial charge in [-0.15, -0.1) is 11.3 Å². The summed E-state index contributed by atoms with van der Waals surface area (Å²) in [5, 5.41) is 15.8.